The highest BCUT2D eigenvalue weighted by Gasteiger charge is 2.27. The second-order valence-corrected chi connectivity index (χ2v) is 8.30. The molecule has 7 heteroatoms. The van der Waals surface area contributed by atoms with Gasteiger partial charge in [0.25, 0.3) is 0 Å². The fraction of sp³-hybridized carbons (Fsp3) is 0.750. The molecular weight excluding hydrogens is 283 g/mol. The van der Waals surface area contributed by atoms with Gasteiger partial charge in [-0.3, -0.25) is 9.21 Å². The van der Waals surface area contributed by atoms with Crippen molar-refractivity contribution in [2.24, 2.45) is 0 Å². The fourth-order valence-electron chi connectivity index (χ4n) is 1.37. The first-order chi connectivity index (χ1) is 9.04. The lowest BCUT2D eigenvalue weighted by Gasteiger charge is -2.15. The zero-order valence-electron chi connectivity index (χ0n) is 12.0. The van der Waals surface area contributed by atoms with E-state index in [-0.39, 0.29) is 0 Å². The molecule has 0 fully saturated rings. The summed E-state index contributed by atoms with van der Waals surface area (Å²) in [5.41, 5.74) is 0. The fourth-order valence-corrected chi connectivity index (χ4v) is 4.74. The van der Waals surface area contributed by atoms with Crippen LogP contribution in [0.15, 0.2) is 12.3 Å². The van der Waals surface area contributed by atoms with E-state index in [1.54, 1.807) is 13.0 Å². The van der Waals surface area contributed by atoms with Crippen molar-refractivity contribution >= 4 is 18.2 Å². The van der Waals surface area contributed by atoms with Crippen LogP contribution in [0.2, 0.25) is 0 Å². The second kappa shape index (κ2) is 7.98. The van der Waals surface area contributed by atoms with E-state index in [1.807, 2.05) is 17.8 Å². The van der Waals surface area contributed by atoms with Crippen LogP contribution in [-0.2, 0) is 9.09 Å². The van der Waals surface area contributed by atoms with Gasteiger partial charge in [0.05, 0.1) is 6.61 Å². The van der Waals surface area contributed by atoms with Crippen LogP contribution in [-0.4, -0.2) is 22.1 Å². The highest BCUT2D eigenvalue weighted by molar-refractivity contribution is 8.55. The molecule has 110 valence electrons. The maximum atomic E-state index is 12.5. The van der Waals surface area contributed by atoms with E-state index in [0.717, 1.165) is 18.6 Å². The molecule has 0 saturated carbocycles. The van der Waals surface area contributed by atoms with Crippen LogP contribution in [0.3, 0.4) is 0 Å². The minimum Gasteiger partial charge on any atom is -0.397 e. The molecule has 0 aliphatic rings. The van der Waals surface area contributed by atoms with Gasteiger partial charge in [0.1, 0.15) is 0 Å². The maximum Gasteiger partial charge on any atom is 0.441 e. The minimum absolute atomic E-state index is 0.298. The lowest BCUT2D eigenvalue weighted by molar-refractivity contribution is 0.292. The summed E-state index contributed by atoms with van der Waals surface area (Å²) in [6.07, 6.45) is 3.74. The molecule has 2 unspecified atom stereocenters. The molecule has 5 nitrogen and oxygen atoms in total. The van der Waals surface area contributed by atoms with Crippen molar-refractivity contribution in [2.45, 2.75) is 46.6 Å². The number of rotatable bonds is 9. The van der Waals surface area contributed by atoms with Crippen molar-refractivity contribution in [1.29, 1.82) is 0 Å². The first kappa shape index (κ1) is 16.6. The van der Waals surface area contributed by atoms with Crippen LogP contribution >= 0.6 is 18.2 Å². The summed E-state index contributed by atoms with van der Waals surface area (Å²) >= 11 is 1.23. The summed E-state index contributed by atoms with van der Waals surface area (Å²) in [6, 6.07) is 2.02. The largest absolute Gasteiger partial charge is 0.441 e. The second-order valence-electron chi connectivity index (χ2n) is 4.18. The Bertz CT molecular complexity index is 425. The molecule has 1 heterocycles. The van der Waals surface area contributed by atoms with E-state index >= 15 is 0 Å². The average Bonchev–Trinajstić information content (AvgIpc) is 2.84. The molecule has 0 N–H and O–H groups in total. The molecule has 1 aromatic rings. The topological polar surface area (TPSA) is 53.4 Å². The Balaban J connectivity index is 2.73. The molecule has 0 amide bonds. The van der Waals surface area contributed by atoms with Gasteiger partial charge in [0.15, 0.2) is 0 Å². The van der Waals surface area contributed by atoms with Gasteiger partial charge in [-0.15, -0.1) is 5.10 Å². The number of hydrogen-bond acceptors (Lipinski definition) is 5. The molecular formula is C12H23N2O3PS. The maximum absolute atomic E-state index is 12.5. The van der Waals surface area contributed by atoms with Crippen LogP contribution in [0.25, 0.3) is 0 Å². The Kier molecular flexibility index (Phi) is 6.97. The summed E-state index contributed by atoms with van der Waals surface area (Å²) in [4.78, 5) is 0. The van der Waals surface area contributed by atoms with Gasteiger partial charge in [-0.1, -0.05) is 13.8 Å². The van der Waals surface area contributed by atoms with Crippen molar-refractivity contribution in [3.05, 3.63) is 12.3 Å². The molecule has 0 aliphatic heterocycles. The van der Waals surface area contributed by atoms with Gasteiger partial charge < -0.3 is 4.52 Å². The lowest BCUT2D eigenvalue weighted by Crippen LogP contribution is -2.04. The summed E-state index contributed by atoms with van der Waals surface area (Å²) in [7, 11) is 0. The van der Waals surface area contributed by atoms with Crippen LogP contribution in [0.4, 0.5) is 0 Å². The zero-order valence-corrected chi connectivity index (χ0v) is 13.7. The third kappa shape index (κ3) is 5.21. The van der Waals surface area contributed by atoms with E-state index in [9.17, 15) is 4.57 Å². The smallest absolute Gasteiger partial charge is 0.397 e. The Hall–Kier alpha value is -0.450. The molecule has 19 heavy (non-hydrogen) atoms. The average molecular weight is 306 g/mol. The van der Waals surface area contributed by atoms with E-state index in [4.69, 9.17) is 9.05 Å². The van der Waals surface area contributed by atoms with Crippen molar-refractivity contribution in [3.8, 4) is 5.88 Å². The van der Waals surface area contributed by atoms with Crippen molar-refractivity contribution in [2.75, 3.05) is 12.4 Å². The number of hydrogen-bond donors (Lipinski definition) is 0. The lowest BCUT2D eigenvalue weighted by atomic mass is 10.3. The number of nitrogens with zero attached hydrogens (tertiary/aromatic N) is 2. The molecule has 0 aliphatic carbocycles. The van der Waals surface area contributed by atoms with E-state index in [2.05, 4.69) is 18.9 Å². The van der Waals surface area contributed by atoms with E-state index in [0.29, 0.717) is 18.5 Å². The van der Waals surface area contributed by atoms with Gasteiger partial charge in [-0.25, -0.2) is 4.57 Å². The van der Waals surface area contributed by atoms with Crippen LogP contribution in [0, 0.1) is 0 Å². The summed E-state index contributed by atoms with van der Waals surface area (Å²) in [6.45, 7) is 5.22. The summed E-state index contributed by atoms with van der Waals surface area (Å²) in [5.74, 6) is 1.10. The Morgan fingerprint density at radius 2 is 2.21 bits per heavy atom. The van der Waals surface area contributed by atoms with Crippen LogP contribution in [0.5, 0.6) is 5.88 Å². The van der Waals surface area contributed by atoms with Gasteiger partial charge in [0.2, 0.25) is 5.88 Å². The first-order valence-electron chi connectivity index (χ1n) is 6.68. The molecule has 0 aromatic carbocycles. The van der Waals surface area contributed by atoms with Crippen molar-refractivity contribution in [3.63, 3.8) is 0 Å². The molecule has 1 rings (SSSR count). The van der Waals surface area contributed by atoms with Gasteiger partial charge in [-0.2, -0.15) is 0 Å². The Morgan fingerprint density at radius 1 is 1.47 bits per heavy atom. The minimum atomic E-state index is -3.14. The Morgan fingerprint density at radius 3 is 2.79 bits per heavy atom. The van der Waals surface area contributed by atoms with E-state index < -0.39 is 6.80 Å². The highest BCUT2D eigenvalue weighted by atomic mass is 32.7. The SMILES string of the molecule is CCCSP(=O)(OCC)Oc1ccn(C(C)CC)n1. The predicted molar refractivity (Wildman–Crippen MR) is 79.8 cm³/mol. The zero-order chi connectivity index (χ0) is 14.3. The van der Waals surface area contributed by atoms with Crippen LogP contribution in [0.1, 0.15) is 46.6 Å². The van der Waals surface area contributed by atoms with Gasteiger partial charge in [0, 0.05) is 24.1 Å². The highest BCUT2D eigenvalue weighted by Crippen LogP contribution is 2.59. The standard InChI is InChI=1S/C12H23N2O3PS/c1-5-10-19-18(15,16-7-3)17-12-8-9-14(13-12)11(4)6-2/h8-9,11H,5-7,10H2,1-4H3. The van der Waals surface area contributed by atoms with Crippen molar-refractivity contribution in [1.82, 2.24) is 9.78 Å². The van der Waals surface area contributed by atoms with Gasteiger partial charge >= 0.3 is 6.80 Å². The molecule has 0 saturated heterocycles. The number of aromatic nitrogens is 2. The quantitative estimate of drug-likeness (QED) is 0.628. The first-order valence-corrected chi connectivity index (χ1v) is 9.81. The van der Waals surface area contributed by atoms with Crippen LogP contribution < -0.4 is 4.52 Å². The van der Waals surface area contributed by atoms with E-state index in [1.165, 1.54) is 11.4 Å². The molecule has 1 aromatic heterocycles. The molecule has 0 bridgehead atoms. The molecule has 0 radical (unpaired) electrons. The summed E-state index contributed by atoms with van der Waals surface area (Å²) in [5, 5.41) is 4.29. The monoisotopic (exact) mass is 306 g/mol. The molecule has 2 atom stereocenters. The van der Waals surface area contributed by atoms with Gasteiger partial charge in [-0.05, 0) is 38.1 Å². The third-order valence-corrected chi connectivity index (χ3v) is 6.50. The summed E-state index contributed by atoms with van der Waals surface area (Å²) < 4.78 is 25.0. The normalized spacial score (nSPS) is 16.0. The predicted octanol–water partition coefficient (Wildman–Crippen LogP) is 4.52. The Labute approximate surface area is 119 Å². The third-order valence-electron chi connectivity index (χ3n) is 2.57. The molecule has 0 spiro atoms. The van der Waals surface area contributed by atoms with Crippen molar-refractivity contribution < 1.29 is 13.6 Å².